The Morgan fingerprint density at radius 2 is 1.14 bits per heavy atom. The number of aromatic nitrogens is 4. The zero-order valence-electron chi connectivity index (χ0n) is 27.5. The van der Waals surface area contributed by atoms with Gasteiger partial charge in [-0.25, -0.2) is 17.6 Å². The van der Waals surface area contributed by atoms with E-state index < -0.39 is 34.1 Å². The van der Waals surface area contributed by atoms with Crippen LogP contribution in [0.1, 0.15) is 27.7 Å². The molecule has 49 heavy (non-hydrogen) atoms. The molecule has 15 heteroatoms. The smallest absolute Gasteiger partial charge is 0.253 e. The highest BCUT2D eigenvalue weighted by Crippen LogP contribution is 2.34. The molecular weight excluding hydrogens is 644 g/mol. The van der Waals surface area contributed by atoms with Gasteiger partial charge in [-0.2, -0.15) is 0 Å². The van der Waals surface area contributed by atoms with Crippen LogP contribution in [0.3, 0.4) is 0 Å². The van der Waals surface area contributed by atoms with Crippen LogP contribution in [0.4, 0.5) is 28.9 Å². The normalized spacial score (nSPS) is 18.6. The van der Waals surface area contributed by atoms with Crippen LogP contribution >= 0.6 is 0 Å². The molecule has 5 aromatic rings. The second kappa shape index (κ2) is 12.6. The summed E-state index contributed by atoms with van der Waals surface area (Å²) < 4.78 is 72.0. The first-order chi connectivity index (χ1) is 23.5. The molecule has 258 valence electrons. The summed E-state index contributed by atoms with van der Waals surface area (Å²) in [5, 5.41) is 14.1. The average molecular weight is 681 g/mol. The van der Waals surface area contributed by atoms with Crippen molar-refractivity contribution in [2.75, 3.05) is 49.1 Å². The van der Waals surface area contributed by atoms with Gasteiger partial charge in [0.1, 0.15) is 34.1 Å². The maximum absolute atomic E-state index is 16.1. The first kappa shape index (κ1) is 32.8. The number of hydrogen-bond acceptors (Lipinski definition) is 9. The topological polar surface area (TPSA) is 113 Å². The minimum absolute atomic E-state index is 0.0199. The second-order valence-corrected chi connectivity index (χ2v) is 12.7. The fourth-order valence-electron chi connectivity index (χ4n) is 7.05. The maximum atomic E-state index is 16.1. The number of nitrogens with zero attached hydrogens (tertiary/aromatic N) is 6. The molecule has 0 bridgehead atoms. The van der Waals surface area contributed by atoms with Crippen molar-refractivity contribution in [2.45, 2.75) is 52.9 Å². The Kier molecular flexibility index (Phi) is 8.43. The molecule has 2 unspecified atom stereocenters. The van der Waals surface area contributed by atoms with Gasteiger partial charge in [-0.15, -0.1) is 10.2 Å². The average Bonchev–Trinajstić information content (AvgIpc) is 3.55. The standard InChI is InChI=1S/C34H36F4N8O3/c1-5-43-15-21(31(47)19-11-23(35)29(25(37)27(19)43)45-9-7-39-17(3)13-45)33-41-42-34(49-33)22-16-44(6-2)28-20(32(22)48)12-24(36)30(26(28)38)46-10-8-40-18(4)14-46/h11-12,15-18,39-40H,5-10,13-14H2,1-4H3. The molecule has 2 aliphatic heterocycles. The summed E-state index contributed by atoms with van der Waals surface area (Å²) in [4.78, 5) is 30.7. The predicted molar refractivity (Wildman–Crippen MR) is 179 cm³/mol. The van der Waals surface area contributed by atoms with Crippen molar-refractivity contribution in [1.82, 2.24) is 30.0 Å². The molecule has 5 heterocycles. The Morgan fingerprint density at radius 1 is 0.735 bits per heavy atom. The maximum Gasteiger partial charge on any atom is 0.253 e. The zero-order valence-corrected chi connectivity index (χ0v) is 27.5. The van der Waals surface area contributed by atoms with Crippen LogP contribution in [-0.4, -0.2) is 70.7 Å². The third-order valence-corrected chi connectivity index (χ3v) is 9.40. The van der Waals surface area contributed by atoms with Gasteiger partial charge in [0.2, 0.25) is 10.9 Å². The van der Waals surface area contributed by atoms with Gasteiger partial charge in [-0.3, -0.25) is 9.59 Å². The van der Waals surface area contributed by atoms with Crippen molar-refractivity contribution >= 4 is 33.2 Å². The highest BCUT2D eigenvalue weighted by Gasteiger charge is 2.29. The molecule has 0 spiro atoms. The van der Waals surface area contributed by atoms with E-state index in [0.29, 0.717) is 39.3 Å². The van der Waals surface area contributed by atoms with Crippen LogP contribution in [0, 0.1) is 23.3 Å². The fourth-order valence-corrected chi connectivity index (χ4v) is 7.05. The Labute approximate surface area is 278 Å². The van der Waals surface area contributed by atoms with E-state index in [1.54, 1.807) is 23.6 Å². The third-order valence-electron chi connectivity index (χ3n) is 9.40. The van der Waals surface area contributed by atoms with Gasteiger partial charge in [0.25, 0.3) is 11.8 Å². The molecule has 2 fully saturated rings. The number of pyridine rings is 2. The molecular formula is C34H36F4N8O3. The van der Waals surface area contributed by atoms with Gasteiger partial charge >= 0.3 is 0 Å². The van der Waals surface area contributed by atoms with E-state index in [4.69, 9.17) is 4.42 Å². The quantitative estimate of drug-likeness (QED) is 0.255. The van der Waals surface area contributed by atoms with E-state index in [9.17, 15) is 9.59 Å². The molecule has 2 saturated heterocycles. The van der Waals surface area contributed by atoms with Crippen molar-refractivity contribution in [3.8, 4) is 22.9 Å². The fraction of sp³-hybridized carbons (Fsp3) is 0.412. The third kappa shape index (κ3) is 5.44. The van der Waals surface area contributed by atoms with Crippen molar-refractivity contribution in [3.05, 3.63) is 68.2 Å². The number of halogens is 4. The highest BCUT2D eigenvalue weighted by atomic mass is 19.1. The van der Waals surface area contributed by atoms with Crippen LogP contribution in [0.5, 0.6) is 0 Å². The summed E-state index contributed by atoms with van der Waals surface area (Å²) in [5.74, 6) is -3.99. The lowest BCUT2D eigenvalue weighted by Crippen LogP contribution is -2.49. The zero-order chi connectivity index (χ0) is 34.7. The molecule has 2 atom stereocenters. The van der Waals surface area contributed by atoms with Crippen molar-refractivity contribution in [2.24, 2.45) is 0 Å². The van der Waals surface area contributed by atoms with Crippen molar-refractivity contribution < 1.29 is 22.0 Å². The summed E-state index contributed by atoms with van der Waals surface area (Å²) in [6, 6.07) is 2.09. The first-order valence-electron chi connectivity index (χ1n) is 16.4. The molecule has 2 aromatic carbocycles. The van der Waals surface area contributed by atoms with E-state index >= 15 is 17.6 Å². The number of piperazine rings is 2. The molecule has 2 N–H and O–H groups in total. The number of aryl methyl sites for hydroxylation is 2. The van der Waals surface area contributed by atoms with Crippen LogP contribution in [0.15, 0.2) is 38.5 Å². The summed E-state index contributed by atoms with van der Waals surface area (Å²) in [5.41, 5.74) is -2.23. The predicted octanol–water partition coefficient (Wildman–Crippen LogP) is 4.23. The first-order valence-corrected chi connectivity index (χ1v) is 16.4. The Balaban J connectivity index is 1.33. The van der Waals surface area contributed by atoms with Gasteiger partial charge in [0.05, 0.1) is 21.8 Å². The molecule has 0 radical (unpaired) electrons. The molecule has 7 rings (SSSR count). The largest absolute Gasteiger partial charge is 0.416 e. The van der Waals surface area contributed by atoms with Crippen molar-refractivity contribution in [1.29, 1.82) is 0 Å². The summed E-state index contributed by atoms with van der Waals surface area (Å²) >= 11 is 0. The Bertz CT molecular complexity index is 2080. The molecule has 3 aromatic heterocycles. The highest BCUT2D eigenvalue weighted by molar-refractivity contribution is 5.88. The summed E-state index contributed by atoms with van der Waals surface area (Å²) in [6.45, 7) is 10.5. The van der Waals surface area contributed by atoms with Gasteiger partial charge in [-0.1, -0.05) is 0 Å². The molecule has 0 aliphatic carbocycles. The lowest BCUT2D eigenvalue weighted by atomic mass is 10.1. The van der Waals surface area contributed by atoms with Crippen LogP contribution in [0.25, 0.3) is 44.7 Å². The van der Waals surface area contributed by atoms with E-state index in [1.165, 1.54) is 21.5 Å². The number of rotatable bonds is 6. The number of nitrogens with one attached hydrogen (secondary N) is 2. The van der Waals surface area contributed by atoms with Gasteiger partial charge in [0, 0.05) is 76.8 Å². The molecule has 2 aliphatic rings. The summed E-state index contributed by atoms with van der Waals surface area (Å²) in [6.07, 6.45) is 2.72. The minimum Gasteiger partial charge on any atom is -0.416 e. The molecule has 0 saturated carbocycles. The van der Waals surface area contributed by atoms with Crippen LogP contribution in [0.2, 0.25) is 0 Å². The number of hydrogen-bond donors (Lipinski definition) is 2. The molecule has 0 amide bonds. The number of benzene rings is 2. The van der Waals surface area contributed by atoms with Crippen molar-refractivity contribution in [3.63, 3.8) is 0 Å². The van der Waals surface area contributed by atoms with E-state index in [0.717, 1.165) is 12.1 Å². The number of fused-ring (bicyclic) bond motifs is 2. The number of anilines is 2. The Morgan fingerprint density at radius 3 is 1.51 bits per heavy atom. The lowest BCUT2D eigenvalue weighted by Gasteiger charge is -2.34. The van der Waals surface area contributed by atoms with Gasteiger partial charge < -0.3 is 34.0 Å². The minimum atomic E-state index is -0.868. The van der Waals surface area contributed by atoms with E-state index in [2.05, 4.69) is 20.8 Å². The second-order valence-electron chi connectivity index (χ2n) is 12.7. The van der Waals surface area contributed by atoms with Gasteiger partial charge in [0.15, 0.2) is 11.6 Å². The van der Waals surface area contributed by atoms with E-state index in [-0.39, 0.29) is 81.3 Å². The van der Waals surface area contributed by atoms with Gasteiger partial charge in [-0.05, 0) is 39.8 Å². The van der Waals surface area contributed by atoms with Crippen LogP contribution in [-0.2, 0) is 13.1 Å². The SMILES string of the molecule is CCn1cc(-c2nnc(-c3cn(CC)c4c(F)c(N5CCNC(C)C5)c(F)cc4c3=O)o2)c(=O)c2cc(F)c(N3CCNC(C)C3)c(F)c21. The lowest BCUT2D eigenvalue weighted by molar-refractivity contribution is 0.470. The Hall–Kier alpha value is -4.76. The summed E-state index contributed by atoms with van der Waals surface area (Å²) in [7, 11) is 0. The van der Waals surface area contributed by atoms with Crippen LogP contribution < -0.4 is 31.3 Å². The monoisotopic (exact) mass is 680 g/mol. The van der Waals surface area contributed by atoms with E-state index in [1.807, 2.05) is 13.8 Å². The molecule has 11 nitrogen and oxygen atoms in total.